The lowest BCUT2D eigenvalue weighted by molar-refractivity contribution is 0.416. The second-order valence-corrected chi connectivity index (χ2v) is 4.90. The molecule has 0 fully saturated rings. The molecule has 0 aliphatic rings. The Bertz CT molecular complexity index is 924. The Morgan fingerprint density at radius 3 is 2.59 bits per heavy atom. The van der Waals surface area contributed by atoms with Crippen LogP contribution >= 0.6 is 0 Å². The Morgan fingerprint density at radius 1 is 1.14 bits per heavy atom. The summed E-state index contributed by atoms with van der Waals surface area (Å²) >= 11 is 0. The molecule has 3 rings (SSSR count). The molecular weight excluding hydrogens is 284 g/mol. The number of aryl methyl sites for hydroxylation is 1. The predicted molar refractivity (Wildman–Crippen MR) is 82.5 cm³/mol. The van der Waals surface area contributed by atoms with Crippen molar-refractivity contribution in [3.8, 4) is 28.4 Å². The lowest BCUT2D eigenvalue weighted by Crippen LogP contribution is -2.08. The molecule has 22 heavy (non-hydrogen) atoms. The third kappa shape index (κ3) is 2.07. The van der Waals surface area contributed by atoms with Crippen molar-refractivity contribution in [3.63, 3.8) is 0 Å². The van der Waals surface area contributed by atoms with Crippen molar-refractivity contribution in [2.24, 2.45) is 0 Å². The highest BCUT2D eigenvalue weighted by atomic mass is 16.5. The second-order valence-electron chi connectivity index (χ2n) is 4.90. The molecule has 3 aromatic rings. The zero-order chi connectivity index (χ0) is 15.9. The number of aromatic hydroxyl groups is 2. The van der Waals surface area contributed by atoms with Gasteiger partial charge in [0.1, 0.15) is 34.0 Å². The van der Waals surface area contributed by atoms with E-state index < -0.39 is 0 Å². The number of phenols is 2. The summed E-state index contributed by atoms with van der Waals surface area (Å²) in [7, 11) is 1.52. The van der Waals surface area contributed by atoms with Gasteiger partial charge in [-0.15, -0.1) is 0 Å². The fraction of sp³-hybridized carbons (Fsp3) is 0.118. The van der Waals surface area contributed by atoms with Crippen molar-refractivity contribution < 1.29 is 19.4 Å². The topological polar surface area (TPSA) is 79.9 Å². The van der Waals surface area contributed by atoms with Gasteiger partial charge < -0.3 is 19.4 Å². The molecular formula is C17H14O5. The largest absolute Gasteiger partial charge is 0.508 e. The maximum Gasteiger partial charge on any atom is 0.204 e. The van der Waals surface area contributed by atoms with Crippen molar-refractivity contribution in [2.45, 2.75) is 6.92 Å². The molecule has 0 aliphatic heterocycles. The summed E-state index contributed by atoms with van der Waals surface area (Å²) in [4.78, 5) is 12.8. The van der Waals surface area contributed by atoms with Crippen LogP contribution in [-0.4, -0.2) is 17.3 Å². The lowest BCUT2D eigenvalue weighted by atomic mass is 10.0. The lowest BCUT2D eigenvalue weighted by Gasteiger charge is -2.11. The minimum atomic E-state index is -0.374. The van der Waals surface area contributed by atoms with Crippen molar-refractivity contribution in [2.75, 3.05) is 7.11 Å². The average molecular weight is 298 g/mol. The van der Waals surface area contributed by atoms with Crippen molar-refractivity contribution in [1.29, 1.82) is 0 Å². The van der Waals surface area contributed by atoms with E-state index in [9.17, 15) is 15.0 Å². The summed E-state index contributed by atoms with van der Waals surface area (Å²) in [6, 6.07) is 9.50. The van der Waals surface area contributed by atoms with Gasteiger partial charge in [-0.2, -0.15) is 0 Å². The average Bonchev–Trinajstić information content (AvgIpc) is 2.46. The first kappa shape index (κ1) is 14.0. The number of hydrogen-bond acceptors (Lipinski definition) is 5. The van der Waals surface area contributed by atoms with Gasteiger partial charge in [0.25, 0.3) is 0 Å². The Kier molecular flexibility index (Phi) is 3.25. The van der Waals surface area contributed by atoms with Gasteiger partial charge >= 0.3 is 0 Å². The summed E-state index contributed by atoms with van der Waals surface area (Å²) in [5.41, 5.74) is 0.677. The van der Waals surface area contributed by atoms with E-state index in [4.69, 9.17) is 9.15 Å². The molecule has 0 aliphatic carbocycles. The molecule has 5 nitrogen and oxygen atoms in total. The fourth-order valence-electron chi connectivity index (χ4n) is 2.56. The third-order valence-electron chi connectivity index (χ3n) is 3.51. The highest BCUT2D eigenvalue weighted by Crippen LogP contribution is 2.34. The molecule has 1 aromatic heterocycles. The molecule has 0 saturated heterocycles. The van der Waals surface area contributed by atoms with Gasteiger partial charge in [0.2, 0.25) is 5.43 Å². The van der Waals surface area contributed by atoms with E-state index in [0.717, 1.165) is 6.07 Å². The van der Waals surface area contributed by atoms with Gasteiger partial charge in [-0.25, -0.2) is 0 Å². The highest BCUT2D eigenvalue weighted by Gasteiger charge is 2.19. The first-order valence-electron chi connectivity index (χ1n) is 6.65. The standard InChI is InChI=1S/C17H14O5/c1-9-15(11-5-3-4-6-13(11)21-2)17(20)16-12(19)7-10(18)8-14(16)22-9/h3-8,18-19H,1-2H3. The van der Waals surface area contributed by atoms with Crippen LogP contribution in [0.1, 0.15) is 5.76 Å². The van der Waals surface area contributed by atoms with Crippen LogP contribution in [-0.2, 0) is 0 Å². The number of phenolic OH excluding ortho intramolecular Hbond substituents is 2. The minimum absolute atomic E-state index is 0.0318. The number of benzene rings is 2. The molecule has 2 N–H and O–H groups in total. The van der Waals surface area contributed by atoms with E-state index in [0.29, 0.717) is 22.6 Å². The third-order valence-corrected chi connectivity index (χ3v) is 3.51. The number of para-hydroxylation sites is 1. The van der Waals surface area contributed by atoms with Crippen LogP contribution in [0.3, 0.4) is 0 Å². The van der Waals surface area contributed by atoms with E-state index >= 15 is 0 Å². The smallest absolute Gasteiger partial charge is 0.204 e. The Morgan fingerprint density at radius 2 is 1.86 bits per heavy atom. The second kappa shape index (κ2) is 5.11. The van der Waals surface area contributed by atoms with Gasteiger partial charge in [-0.1, -0.05) is 18.2 Å². The maximum absolute atomic E-state index is 12.8. The summed E-state index contributed by atoms with van der Waals surface area (Å²) in [5, 5.41) is 19.5. The van der Waals surface area contributed by atoms with Crippen LogP contribution in [0.15, 0.2) is 45.6 Å². The van der Waals surface area contributed by atoms with Gasteiger partial charge in [0, 0.05) is 17.7 Å². The molecule has 0 spiro atoms. The summed E-state index contributed by atoms with van der Waals surface area (Å²) in [6.45, 7) is 1.66. The number of hydrogen-bond donors (Lipinski definition) is 2. The molecule has 1 heterocycles. The molecule has 0 bridgehead atoms. The van der Waals surface area contributed by atoms with E-state index in [1.165, 1.54) is 13.2 Å². The Labute approximate surface area is 126 Å². The van der Waals surface area contributed by atoms with Crippen molar-refractivity contribution in [1.82, 2.24) is 0 Å². The van der Waals surface area contributed by atoms with Crippen LogP contribution < -0.4 is 10.2 Å². The highest BCUT2D eigenvalue weighted by molar-refractivity contribution is 5.89. The first-order chi connectivity index (χ1) is 10.5. The molecule has 0 amide bonds. The van der Waals surface area contributed by atoms with Crippen LogP contribution in [0.25, 0.3) is 22.1 Å². The van der Waals surface area contributed by atoms with Crippen LogP contribution in [0.4, 0.5) is 0 Å². The maximum atomic E-state index is 12.8. The van der Waals surface area contributed by atoms with Gasteiger partial charge in [-0.05, 0) is 13.0 Å². The molecule has 0 atom stereocenters. The molecule has 2 aromatic carbocycles. The van der Waals surface area contributed by atoms with E-state index in [1.807, 2.05) is 0 Å². The number of rotatable bonds is 2. The zero-order valence-corrected chi connectivity index (χ0v) is 12.1. The summed E-state index contributed by atoms with van der Waals surface area (Å²) < 4.78 is 10.9. The molecule has 112 valence electrons. The Hall–Kier alpha value is -2.95. The molecule has 0 unspecified atom stereocenters. The van der Waals surface area contributed by atoms with Gasteiger partial charge in [0.05, 0.1) is 12.7 Å². The van der Waals surface area contributed by atoms with E-state index in [-0.39, 0.29) is 27.9 Å². The quantitative estimate of drug-likeness (QED) is 0.759. The SMILES string of the molecule is COc1ccccc1-c1c(C)oc2cc(O)cc(O)c2c1=O. The fourth-order valence-corrected chi connectivity index (χ4v) is 2.56. The van der Waals surface area contributed by atoms with Crippen LogP contribution in [0.2, 0.25) is 0 Å². The number of fused-ring (bicyclic) bond motifs is 1. The van der Waals surface area contributed by atoms with Crippen molar-refractivity contribution >= 4 is 11.0 Å². The van der Waals surface area contributed by atoms with E-state index in [1.54, 1.807) is 31.2 Å². The predicted octanol–water partition coefficient (Wildman–Crippen LogP) is 3.19. The minimum Gasteiger partial charge on any atom is -0.508 e. The zero-order valence-electron chi connectivity index (χ0n) is 12.1. The summed E-state index contributed by atoms with van der Waals surface area (Å²) in [6.07, 6.45) is 0. The van der Waals surface area contributed by atoms with E-state index in [2.05, 4.69) is 0 Å². The monoisotopic (exact) mass is 298 g/mol. The van der Waals surface area contributed by atoms with Crippen LogP contribution in [0, 0.1) is 6.92 Å². The number of ether oxygens (including phenoxy) is 1. The summed E-state index contributed by atoms with van der Waals surface area (Å²) in [5.74, 6) is 0.431. The first-order valence-corrected chi connectivity index (χ1v) is 6.65. The normalized spacial score (nSPS) is 10.8. The number of methoxy groups -OCH3 is 1. The molecule has 0 saturated carbocycles. The van der Waals surface area contributed by atoms with Gasteiger partial charge in [-0.3, -0.25) is 4.79 Å². The Balaban J connectivity index is 2.43. The molecule has 0 radical (unpaired) electrons. The molecule has 5 heteroatoms. The van der Waals surface area contributed by atoms with Crippen molar-refractivity contribution in [3.05, 3.63) is 52.4 Å². The van der Waals surface area contributed by atoms with Crippen LogP contribution in [0.5, 0.6) is 17.2 Å². The van der Waals surface area contributed by atoms with Gasteiger partial charge in [0.15, 0.2) is 0 Å².